The number of rotatable bonds is 10. The lowest BCUT2D eigenvalue weighted by Crippen LogP contribution is -2.17. The zero-order valence-electron chi connectivity index (χ0n) is 34.9. The van der Waals surface area contributed by atoms with Crippen molar-refractivity contribution in [2.24, 2.45) is 0 Å². The van der Waals surface area contributed by atoms with E-state index < -0.39 is 0 Å². The van der Waals surface area contributed by atoms with E-state index in [1.165, 1.54) is 83.0 Å². The first-order valence-corrected chi connectivity index (χ1v) is 21.7. The summed E-state index contributed by atoms with van der Waals surface area (Å²) in [7, 11) is 0. The number of benzene rings is 10. The highest BCUT2D eigenvalue weighted by atomic mass is 15.1. The van der Waals surface area contributed by atoms with E-state index in [0.717, 1.165) is 17.1 Å². The van der Waals surface area contributed by atoms with Crippen LogP contribution in [0.15, 0.2) is 255 Å². The summed E-state index contributed by atoms with van der Waals surface area (Å²) in [5.74, 6) is 0. The fourth-order valence-corrected chi connectivity index (χ4v) is 9.19. The van der Waals surface area contributed by atoms with Crippen molar-refractivity contribution in [3.8, 4) is 61.3 Å². The van der Waals surface area contributed by atoms with Crippen LogP contribution < -0.4 is 4.90 Å². The number of hydrogen-bond acceptors (Lipinski definition) is 1. The van der Waals surface area contributed by atoms with Gasteiger partial charge in [-0.3, -0.25) is 0 Å². The van der Waals surface area contributed by atoms with Gasteiger partial charge in [-0.15, -0.1) is 0 Å². The van der Waals surface area contributed by atoms with Crippen molar-refractivity contribution in [2.75, 3.05) is 4.90 Å². The van der Waals surface area contributed by atoms with Crippen LogP contribution in [0.25, 0.3) is 83.1 Å². The molecule has 0 amide bonds. The third-order valence-corrected chi connectivity index (χ3v) is 12.3. The second kappa shape index (κ2) is 16.7. The average molecular weight is 805 g/mol. The number of aromatic nitrogens is 1. The average Bonchev–Trinajstić information content (AvgIpc) is 3.71. The molecule has 1 aromatic heterocycles. The second-order valence-corrected chi connectivity index (χ2v) is 16.1. The molecule has 0 radical (unpaired) electrons. The highest BCUT2D eigenvalue weighted by Gasteiger charge is 2.19. The van der Waals surface area contributed by atoms with Gasteiger partial charge in [0.1, 0.15) is 0 Å². The minimum Gasteiger partial charge on any atom is -0.337 e. The Balaban J connectivity index is 1.04. The molecule has 0 saturated carbocycles. The predicted molar refractivity (Wildman–Crippen MR) is 267 cm³/mol. The topological polar surface area (TPSA) is 8.17 Å². The Morgan fingerprint density at radius 3 is 1.46 bits per heavy atom. The van der Waals surface area contributed by atoms with Gasteiger partial charge in [0.05, 0.1) is 11.0 Å². The summed E-state index contributed by atoms with van der Waals surface area (Å²) in [6.07, 6.45) is 0. The molecule has 0 atom stereocenters. The van der Waals surface area contributed by atoms with Crippen LogP contribution in [0.1, 0.15) is 5.56 Å². The van der Waals surface area contributed by atoms with Crippen LogP contribution in [0.2, 0.25) is 0 Å². The standard InChI is InChI=1S/C61H44N2/c1-5-17-44(18-6-1)46-31-33-47(34-32-46)48-37-39-53(40-38-48)62(43-52-36-35-50(45-19-7-2-8-20-45)42-58(52)49-21-9-3-10-22-49)55-26-15-23-51(41-55)56-28-16-30-60-61(56)57-27-13-14-29-59(57)63(60)54-24-11-4-12-25-54/h1-42H,43H2. The molecule has 0 saturated heterocycles. The molecular weight excluding hydrogens is 761 g/mol. The lowest BCUT2D eigenvalue weighted by molar-refractivity contribution is 0.978. The van der Waals surface area contributed by atoms with E-state index in [4.69, 9.17) is 0 Å². The van der Waals surface area contributed by atoms with E-state index in [1.54, 1.807) is 0 Å². The molecule has 0 aliphatic carbocycles. The SMILES string of the molecule is c1ccc(-c2ccc(-c3ccc(N(Cc4ccc(-c5ccccc5)cc4-c4ccccc4)c4cccc(-c5cccc6c5c5ccccc5n6-c5ccccc5)c4)cc3)cc2)cc1. The molecular formula is C61H44N2. The second-order valence-electron chi connectivity index (χ2n) is 16.1. The van der Waals surface area contributed by atoms with Crippen molar-refractivity contribution in [3.63, 3.8) is 0 Å². The maximum atomic E-state index is 2.48. The molecule has 0 aliphatic heterocycles. The molecule has 0 unspecified atom stereocenters. The number of anilines is 2. The molecule has 63 heavy (non-hydrogen) atoms. The predicted octanol–water partition coefficient (Wildman–Crippen LogP) is 16.5. The summed E-state index contributed by atoms with van der Waals surface area (Å²) in [6.45, 7) is 0.672. The van der Waals surface area contributed by atoms with Crippen LogP contribution in [0.4, 0.5) is 11.4 Å². The third kappa shape index (κ3) is 7.39. The molecule has 11 rings (SSSR count). The highest BCUT2D eigenvalue weighted by Crippen LogP contribution is 2.41. The Morgan fingerprint density at radius 2 is 0.794 bits per heavy atom. The normalized spacial score (nSPS) is 11.2. The quantitative estimate of drug-likeness (QED) is 0.134. The largest absolute Gasteiger partial charge is 0.337 e. The van der Waals surface area contributed by atoms with Gasteiger partial charge in [0.25, 0.3) is 0 Å². The van der Waals surface area contributed by atoms with Crippen molar-refractivity contribution in [1.82, 2.24) is 4.57 Å². The Bertz CT molecular complexity index is 3320. The first-order valence-electron chi connectivity index (χ1n) is 21.7. The number of para-hydroxylation sites is 2. The van der Waals surface area contributed by atoms with Crippen LogP contribution >= 0.6 is 0 Å². The van der Waals surface area contributed by atoms with Crippen molar-refractivity contribution in [1.29, 1.82) is 0 Å². The molecule has 0 spiro atoms. The van der Waals surface area contributed by atoms with E-state index in [9.17, 15) is 0 Å². The molecule has 298 valence electrons. The summed E-state index contributed by atoms with van der Waals surface area (Å²) in [4.78, 5) is 2.48. The molecule has 10 aromatic carbocycles. The van der Waals surface area contributed by atoms with Gasteiger partial charge >= 0.3 is 0 Å². The Kier molecular flexibility index (Phi) is 10.0. The number of hydrogen-bond donors (Lipinski definition) is 0. The van der Waals surface area contributed by atoms with Crippen LogP contribution in [-0.2, 0) is 6.54 Å². The molecule has 2 nitrogen and oxygen atoms in total. The zero-order valence-corrected chi connectivity index (χ0v) is 34.9. The molecule has 0 bridgehead atoms. The van der Waals surface area contributed by atoms with Gasteiger partial charge in [-0.1, -0.05) is 200 Å². The summed E-state index contributed by atoms with van der Waals surface area (Å²) in [6, 6.07) is 92.3. The smallest absolute Gasteiger partial charge is 0.0547 e. The van der Waals surface area contributed by atoms with E-state index in [1.807, 2.05) is 0 Å². The van der Waals surface area contributed by atoms with E-state index in [0.29, 0.717) is 6.54 Å². The minimum atomic E-state index is 0.672. The Labute approximate surface area is 369 Å². The van der Waals surface area contributed by atoms with E-state index >= 15 is 0 Å². The maximum Gasteiger partial charge on any atom is 0.0547 e. The van der Waals surface area contributed by atoms with Gasteiger partial charge in [-0.25, -0.2) is 0 Å². The molecule has 11 aromatic rings. The maximum absolute atomic E-state index is 2.48. The lowest BCUT2D eigenvalue weighted by Gasteiger charge is -2.28. The molecule has 1 heterocycles. The minimum absolute atomic E-state index is 0.672. The molecule has 2 heteroatoms. The zero-order chi connectivity index (χ0) is 42.0. The molecule has 0 aliphatic rings. The monoisotopic (exact) mass is 804 g/mol. The van der Waals surface area contributed by atoms with Crippen LogP contribution in [0.3, 0.4) is 0 Å². The van der Waals surface area contributed by atoms with E-state index in [-0.39, 0.29) is 0 Å². The van der Waals surface area contributed by atoms with Crippen molar-refractivity contribution in [2.45, 2.75) is 6.54 Å². The van der Waals surface area contributed by atoms with Gasteiger partial charge < -0.3 is 9.47 Å². The summed E-state index contributed by atoms with van der Waals surface area (Å²) < 4.78 is 2.39. The van der Waals surface area contributed by atoms with Crippen LogP contribution in [-0.4, -0.2) is 4.57 Å². The molecule has 0 fully saturated rings. The lowest BCUT2D eigenvalue weighted by atomic mass is 9.94. The van der Waals surface area contributed by atoms with Crippen molar-refractivity contribution >= 4 is 33.2 Å². The first-order chi connectivity index (χ1) is 31.2. The fourth-order valence-electron chi connectivity index (χ4n) is 9.19. The van der Waals surface area contributed by atoms with Crippen molar-refractivity contribution < 1.29 is 0 Å². The molecule has 0 N–H and O–H groups in total. The number of fused-ring (bicyclic) bond motifs is 3. The van der Waals surface area contributed by atoms with Crippen molar-refractivity contribution in [3.05, 3.63) is 260 Å². The van der Waals surface area contributed by atoms with Gasteiger partial charge in [0.15, 0.2) is 0 Å². The summed E-state index contributed by atoms with van der Waals surface area (Å²) in [5, 5.41) is 2.50. The Hall–Kier alpha value is -8.20. The van der Waals surface area contributed by atoms with Gasteiger partial charge in [0, 0.05) is 34.4 Å². The number of nitrogens with zero attached hydrogens (tertiary/aromatic N) is 2. The van der Waals surface area contributed by atoms with E-state index in [2.05, 4.69) is 264 Å². The van der Waals surface area contributed by atoms with Gasteiger partial charge in [-0.2, -0.15) is 0 Å². The Morgan fingerprint density at radius 1 is 0.302 bits per heavy atom. The van der Waals surface area contributed by atoms with Gasteiger partial charge in [-0.05, 0) is 116 Å². The van der Waals surface area contributed by atoms with Gasteiger partial charge in [0.2, 0.25) is 0 Å². The van der Waals surface area contributed by atoms with Crippen LogP contribution in [0, 0.1) is 0 Å². The summed E-state index contributed by atoms with van der Waals surface area (Å²) in [5.41, 5.74) is 19.1. The summed E-state index contributed by atoms with van der Waals surface area (Å²) >= 11 is 0. The van der Waals surface area contributed by atoms with Crippen LogP contribution in [0.5, 0.6) is 0 Å². The third-order valence-electron chi connectivity index (χ3n) is 12.3. The fraction of sp³-hybridized carbons (Fsp3) is 0.0164. The first kappa shape index (κ1) is 37.8. The highest BCUT2D eigenvalue weighted by molar-refractivity contribution is 6.15.